The number of hydrogen-bond donors (Lipinski definition) is 0. The molecule has 7 heteroatoms. The van der Waals surface area contributed by atoms with Crippen LogP contribution in [0, 0.1) is 13.8 Å². The molecule has 1 aromatic carbocycles. The summed E-state index contributed by atoms with van der Waals surface area (Å²) in [6, 6.07) is 13.0. The molecule has 4 rings (SSSR count). The van der Waals surface area contributed by atoms with Gasteiger partial charge in [-0.15, -0.1) is 11.3 Å². The molecule has 0 radical (unpaired) electrons. The van der Waals surface area contributed by atoms with Crippen molar-refractivity contribution in [1.82, 2.24) is 14.8 Å². The smallest absolute Gasteiger partial charge is 0.353 e. The maximum Gasteiger partial charge on any atom is 0.353 e. The summed E-state index contributed by atoms with van der Waals surface area (Å²) in [6.07, 6.45) is 0. The van der Waals surface area contributed by atoms with Gasteiger partial charge in [0.1, 0.15) is 10.4 Å². The number of rotatable bonds is 3. The first-order chi connectivity index (χ1) is 12.5. The van der Waals surface area contributed by atoms with Crippen molar-refractivity contribution >= 4 is 44.1 Å². The highest BCUT2D eigenvalue weighted by Crippen LogP contribution is 2.32. The average molecular weight is 428 g/mol. The number of halogens is 1. The number of aryl methyl sites for hydroxylation is 2. The monoisotopic (exact) mass is 427 g/mol. The third kappa shape index (κ3) is 3.04. The van der Waals surface area contributed by atoms with E-state index in [4.69, 9.17) is 9.72 Å². The molecule has 0 amide bonds. The van der Waals surface area contributed by atoms with Crippen molar-refractivity contribution in [3.05, 3.63) is 68.6 Å². The largest absolute Gasteiger partial charge is 0.420 e. The first kappa shape index (κ1) is 16.9. The number of pyridine rings is 1. The zero-order valence-corrected chi connectivity index (χ0v) is 16.5. The molecule has 5 nitrogen and oxygen atoms in total. The van der Waals surface area contributed by atoms with Gasteiger partial charge in [-0.05, 0) is 55.6 Å². The molecule has 0 aliphatic heterocycles. The molecule has 130 valence electrons. The van der Waals surface area contributed by atoms with Crippen molar-refractivity contribution in [3.8, 4) is 11.6 Å². The number of aromatic nitrogens is 3. The van der Waals surface area contributed by atoms with Crippen LogP contribution in [0.5, 0.6) is 5.75 Å². The lowest BCUT2D eigenvalue weighted by Gasteiger charge is -2.10. The van der Waals surface area contributed by atoms with Crippen molar-refractivity contribution < 1.29 is 9.53 Å². The second-order valence-corrected chi connectivity index (χ2v) is 7.62. The number of nitrogens with zero attached hydrogens (tertiary/aromatic N) is 3. The number of carbonyl (C=O) groups excluding carboxylic acids is 1. The lowest BCUT2D eigenvalue weighted by molar-refractivity contribution is 0.0742. The molecule has 0 atom stereocenters. The number of hydrogen-bond acceptors (Lipinski definition) is 5. The molecule has 0 unspecified atom stereocenters. The third-order valence-corrected chi connectivity index (χ3v) is 5.45. The van der Waals surface area contributed by atoms with Gasteiger partial charge in [0.2, 0.25) is 0 Å². The Hall–Kier alpha value is -2.51. The van der Waals surface area contributed by atoms with E-state index in [9.17, 15) is 4.79 Å². The van der Waals surface area contributed by atoms with Crippen LogP contribution in [0.25, 0.3) is 16.7 Å². The number of carbonyl (C=O) groups is 1. The highest BCUT2D eigenvalue weighted by Gasteiger charge is 2.15. The summed E-state index contributed by atoms with van der Waals surface area (Å²) in [5.74, 6) is 0.710. The van der Waals surface area contributed by atoms with Gasteiger partial charge in [-0.2, -0.15) is 5.10 Å². The standard InChI is InChI=1S/C19H14BrN3O2S/c1-11-10-12(2)23(22-11)17-8-5-13-14(20)6-7-15(18(13)21-17)25-19(24)16-4-3-9-26-16/h3-10H,1-2H3. The Labute approximate surface area is 162 Å². The summed E-state index contributed by atoms with van der Waals surface area (Å²) in [5, 5.41) is 7.19. The van der Waals surface area contributed by atoms with Gasteiger partial charge in [0.25, 0.3) is 0 Å². The van der Waals surface area contributed by atoms with Crippen LogP contribution < -0.4 is 4.74 Å². The van der Waals surface area contributed by atoms with Crippen LogP contribution in [0.15, 0.2) is 52.3 Å². The van der Waals surface area contributed by atoms with Crippen molar-refractivity contribution in [3.63, 3.8) is 0 Å². The molecule has 0 fully saturated rings. The van der Waals surface area contributed by atoms with Crippen LogP contribution >= 0.6 is 27.3 Å². The maximum absolute atomic E-state index is 12.3. The van der Waals surface area contributed by atoms with Gasteiger partial charge in [0, 0.05) is 15.6 Å². The van der Waals surface area contributed by atoms with Crippen LogP contribution in [0.2, 0.25) is 0 Å². The molecular weight excluding hydrogens is 414 g/mol. The molecule has 3 heterocycles. The Bertz CT molecular complexity index is 1120. The minimum atomic E-state index is -0.387. The summed E-state index contributed by atoms with van der Waals surface area (Å²) in [7, 11) is 0. The van der Waals surface area contributed by atoms with Crippen molar-refractivity contribution in [1.29, 1.82) is 0 Å². The molecule has 0 saturated heterocycles. The Balaban J connectivity index is 1.82. The Morgan fingerprint density at radius 2 is 2.04 bits per heavy atom. The predicted octanol–water partition coefficient (Wildman–Crippen LogP) is 5.08. The van der Waals surface area contributed by atoms with Crippen molar-refractivity contribution in [2.45, 2.75) is 13.8 Å². The minimum absolute atomic E-state index is 0.387. The molecule has 26 heavy (non-hydrogen) atoms. The van der Waals surface area contributed by atoms with Crippen LogP contribution in [-0.4, -0.2) is 20.7 Å². The summed E-state index contributed by atoms with van der Waals surface area (Å²) in [4.78, 5) is 17.6. The van der Waals surface area contributed by atoms with Gasteiger partial charge in [-0.1, -0.05) is 22.0 Å². The summed E-state index contributed by atoms with van der Waals surface area (Å²) in [6.45, 7) is 3.92. The average Bonchev–Trinajstić information content (AvgIpc) is 3.27. The topological polar surface area (TPSA) is 57.0 Å². The van der Waals surface area contributed by atoms with Gasteiger partial charge in [0.15, 0.2) is 11.6 Å². The normalized spacial score (nSPS) is 11.0. The van der Waals surface area contributed by atoms with E-state index in [2.05, 4.69) is 21.0 Å². The van der Waals surface area contributed by atoms with Crippen LogP contribution in [0.3, 0.4) is 0 Å². The van der Waals surface area contributed by atoms with Crippen LogP contribution in [0.1, 0.15) is 21.1 Å². The van der Waals surface area contributed by atoms with Gasteiger partial charge < -0.3 is 4.74 Å². The van der Waals surface area contributed by atoms with Gasteiger partial charge >= 0.3 is 5.97 Å². The SMILES string of the molecule is Cc1cc(C)n(-c2ccc3c(Br)ccc(OC(=O)c4cccs4)c3n2)n1. The van der Waals surface area contributed by atoms with Gasteiger partial charge in [-0.25, -0.2) is 14.5 Å². The lowest BCUT2D eigenvalue weighted by Crippen LogP contribution is -2.08. The summed E-state index contributed by atoms with van der Waals surface area (Å²) < 4.78 is 8.28. The first-order valence-corrected chi connectivity index (χ1v) is 9.59. The number of ether oxygens (including phenoxy) is 1. The molecule has 4 aromatic rings. The van der Waals surface area contributed by atoms with E-state index in [1.807, 2.05) is 49.6 Å². The fraction of sp³-hybridized carbons (Fsp3) is 0.105. The molecule has 0 spiro atoms. The highest BCUT2D eigenvalue weighted by atomic mass is 79.9. The van der Waals surface area contributed by atoms with E-state index in [1.54, 1.807) is 16.8 Å². The first-order valence-electron chi connectivity index (χ1n) is 7.91. The van der Waals surface area contributed by atoms with E-state index >= 15 is 0 Å². The summed E-state index contributed by atoms with van der Waals surface area (Å²) >= 11 is 4.88. The Morgan fingerprint density at radius 1 is 1.19 bits per heavy atom. The minimum Gasteiger partial charge on any atom is -0.420 e. The molecule has 0 bridgehead atoms. The van der Waals surface area contributed by atoms with Crippen LogP contribution in [-0.2, 0) is 0 Å². The number of fused-ring (bicyclic) bond motifs is 1. The van der Waals surface area contributed by atoms with E-state index in [-0.39, 0.29) is 5.97 Å². The fourth-order valence-corrected chi connectivity index (χ4v) is 3.80. The highest BCUT2D eigenvalue weighted by molar-refractivity contribution is 9.10. The Kier molecular flexibility index (Phi) is 4.34. The van der Waals surface area contributed by atoms with E-state index in [0.717, 1.165) is 21.2 Å². The lowest BCUT2D eigenvalue weighted by atomic mass is 10.2. The van der Waals surface area contributed by atoms with Gasteiger partial charge in [0.05, 0.1) is 5.69 Å². The molecule has 3 aromatic heterocycles. The van der Waals surface area contributed by atoms with E-state index < -0.39 is 0 Å². The number of benzene rings is 1. The van der Waals surface area contributed by atoms with Gasteiger partial charge in [-0.3, -0.25) is 0 Å². The summed E-state index contributed by atoms with van der Waals surface area (Å²) in [5.41, 5.74) is 2.51. The van der Waals surface area contributed by atoms with E-state index in [1.165, 1.54) is 11.3 Å². The third-order valence-electron chi connectivity index (χ3n) is 3.90. The zero-order valence-electron chi connectivity index (χ0n) is 14.1. The number of thiophene rings is 1. The number of esters is 1. The van der Waals surface area contributed by atoms with Crippen molar-refractivity contribution in [2.75, 3.05) is 0 Å². The maximum atomic E-state index is 12.3. The zero-order chi connectivity index (χ0) is 18.3. The van der Waals surface area contributed by atoms with Crippen LogP contribution in [0.4, 0.5) is 0 Å². The second kappa shape index (κ2) is 6.66. The molecule has 0 aliphatic carbocycles. The van der Waals surface area contributed by atoms with E-state index in [0.29, 0.717) is 22.0 Å². The second-order valence-electron chi connectivity index (χ2n) is 5.82. The Morgan fingerprint density at radius 3 is 2.73 bits per heavy atom. The molecule has 0 N–H and O–H groups in total. The van der Waals surface area contributed by atoms with Crippen molar-refractivity contribution in [2.24, 2.45) is 0 Å². The molecular formula is C19H14BrN3O2S. The fourth-order valence-electron chi connectivity index (χ4n) is 2.75. The molecule has 0 aliphatic rings. The predicted molar refractivity (Wildman–Crippen MR) is 105 cm³/mol. The molecule has 0 saturated carbocycles. The quantitative estimate of drug-likeness (QED) is 0.337.